The number of nitrogens with two attached hydrogens (primary N) is 1. The fourth-order valence-corrected chi connectivity index (χ4v) is 4.58. The van der Waals surface area contributed by atoms with Crippen LogP contribution in [-0.2, 0) is 0 Å². The molecular weight excluding hydrogens is 230 g/mol. The molecule has 2 atom stereocenters. The van der Waals surface area contributed by atoms with E-state index in [2.05, 4.69) is 36.1 Å². The van der Waals surface area contributed by atoms with E-state index in [9.17, 15) is 0 Å². The molecule has 17 heavy (non-hydrogen) atoms. The van der Waals surface area contributed by atoms with Crippen molar-refractivity contribution in [2.45, 2.75) is 44.7 Å². The second kappa shape index (κ2) is 6.41. The van der Waals surface area contributed by atoms with E-state index < -0.39 is 0 Å². The Kier molecular flexibility index (Phi) is 5.15. The zero-order chi connectivity index (χ0) is 12.3. The van der Waals surface area contributed by atoms with Crippen molar-refractivity contribution >= 4 is 11.8 Å². The molecule has 0 spiro atoms. The van der Waals surface area contributed by atoms with Gasteiger partial charge in [-0.15, -0.1) is 0 Å². The van der Waals surface area contributed by atoms with Gasteiger partial charge in [0.2, 0.25) is 0 Å². The summed E-state index contributed by atoms with van der Waals surface area (Å²) in [6.07, 6.45) is 5.47. The van der Waals surface area contributed by atoms with Crippen LogP contribution in [0.2, 0.25) is 0 Å². The summed E-state index contributed by atoms with van der Waals surface area (Å²) < 4.78 is 0. The lowest BCUT2D eigenvalue weighted by Gasteiger charge is -2.42. The number of likely N-dealkylation sites (N-methyl/N-ethyl adjacent to an activating group) is 1. The maximum absolute atomic E-state index is 5.85. The lowest BCUT2D eigenvalue weighted by atomic mass is 9.77. The molecule has 0 aromatic rings. The third kappa shape index (κ3) is 3.37. The SMILES string of the molecule is CC1CCC(C(NN)C2CSCCN2C)CC1. The summed E-state index contributed by atoms with van der Waals surface area (Å²) in [5, 5.41) is 0. The highest BCUT2D eigenvalue weighted by Gasteiger charge is 2.34. The Morgan fingerprint density at radius 2 is 2.00 bits per heavy atom. The van der Waals surface area contributed by atoms with Gasteiger partial charge in [-0.3, -0.25) is 11.3 Å². The van der Waals surface area contributed by atoms with Crippen LogP contribution in [0.25, 0.3) is 0 Å². The molecule has 0 radical (unpaired) electrons. The Balaban J connectivity index is 1.94. The van der Waals surface area contributed by atoms with Crippen molar-refractivity contribution in [2.75, 3.05) is 25.1 Å². The quantitative estimate of drug-likeness (QED) is 0.596. The van der Waals surface area contributed by atoms with Gasteiger partial charge in [0.05, 0.1) is 0 Å². The molecule has 0 amide bonds. The lowest BCUT2D eigenvalue weighted by molar-refractivity contribution is 0.140. The molecule has 2 unspecified atom stereocenters. The largest absolute Gasteiger partial charge is 0.300 e. The summed E-state index contributed by atoms with van der Waals surface area (Å²) in [4.78, 5) is 2.50. The molecular formula is C13H27N3S. The Labute approximate surface area is 110 Å². The van der Waals surface area contributed by atoms with Crippen LogP contribution in [0.5, 0.6) is 0 Å². The highest BCUT2D eigenvalue weighted by molar-refractivity contribution is 7.99. The molecule has 1 saturated carbocycles. The van der Waals surface area contributed by atoms with Gasteiger partial charge in [-0.1, -0.05) is 19.8 Å². The summed E-state index contributed by atoms with van der Waals surface area (Å²) in [7, 11) is 2.25. The highest BCUT2D eigenvalue weighted by atomic mass is 32.2. The summed E-state index contributed by atoms with van der Waals surface area (Å²) in [6, 6.07) is 1.11. The van der Waals surface area contributed by atoms with E-state index in [1.807, 2.05) is 0 Å². The molecule has 2 fully saturated rings. The van der Waals surface area contributed by atoms with Gasteiger partial charge in [0.25, 0.3) is 0 Å². The van der Waals surface area contributed by atoms with Crippen molar-refractivity contribution < 1.29 is 0 Å². The minimum atomic E-state index is 0.486. The van der Waals surface area contributed by atoms with Crippen LogP contribution >= 0.6 is 11.8 Å². The smallest absolute Gasteiger partial charge is 0.0402 e. The molecule has 2 rings (SSSR count). The minimum Gasteiger partial charge on any atom is -0.300 e. The van der Waals surface area contributed by atoms with Gasteiger partial charge in [0.15, 0.2) is 0 Å². The Morgan fingerprint density at radius 1 is 1.29 bits per heavy atom. The van der Waals surface area contributed by atoms with Crippen LogP contribution in [-0.4, -0.2) is 42.1 Å². The molecule has 4 heteroatoms. The molecule has 100 valence electrons. The van der Waals surface area contributed by atoms with Crippen molar-refractivity contribution in [2.24, 2.45) is 17.7 Å². The van der Waals surface area contributed by atoms with Crippen LogP contribution < -0.4 is 11.3 Å². The first kappa shape index (κ1) is 13.7. The van der Waals surface area contributed by atoms with E-state index in [4.69, 9.17) is 5.84 Å². The lowest BCUT2D eigenvalue weighted by Crippen LogP contribution is -2.58. The zero-order valence-electron chi connectivity index (χ0n) is 11.2. The van der Waals surface area contributed by atoms with Gasteiger partial charge in [-0.25, -0.2) is 0 Å². The van der Waals surface area contributed by atoms with Gasteiger partial charge >= 0.3 is 0 Å². The fourth-order valence-electron chi connectivity index (χ4n) is 3.29. The third-order valence-corrected chi connectivity index (χ3v) is 5.67. The van der Waals surface area contributed by atoms with Crippen molar-refractivity contribution in [3.63, 3.8) is 0 Å². The van der Waals surface area contributed by atoms with Crippen LogP contribution in [0, 0.1) is 11.8 Å². The van der Waals surface area contributed by atoms with Crippen molar-refractivity contribution in [1.82, 2.24) is 10.3 Å². The first-order chi connectivity index (χ1) is 8.22. The maximum atomic E-state index is 5.85. The number of thioether (sulfide) groups is 1. The Hall–Kier alpha value is 0.230. The molecule has 0 aromatic heterocycles. The van der Waals surface area contributed by atoms with Gasteiger partial charge in [0, 0.05) is 30.1 Å². The number of hydrogen-bond acceptors (Lipinski definition) is 4. The molecule has 3 nitrogen and oxygen atoms in total. The average molecular weight is 257 g/mol. The van der Waals surface area contributed by atoms with Gasteiger partial charge in [0.1, 0.15) is 0 Å². The first-order valence-electron chi connectivity index (χ1n) is 6.96. The van der Waals surface area contributed by atoms with E-state index >= 15 is 0 Å². The number of nitrogens with one attached hydrogen (secondary N) is 1. The summed E-state index contributed by atoms with van der Waals surface area (Å²) in [5.41, 5.74) is 3.13. The standard InChI is InChI=1S/C13H27N3S/c1-10-3-5-11(6-4-10)13(15-14)12-9-17-8-7-16(12)2/h10-13,15H,3-9,14H2,1-2H3. The molecule has 2 aliphatic rings. The molecule has 0 bridgehead atoms. The molecule has 1 aliphatic heterocycles. The van der Waals surface area contributed by atoms with Crippen LogP contribution in [0.15, 0.2) is 0 Å². The third-order valence-electron chi connectivity index (χ3n) is 4.62. The minimum absolute atomic E-state index is 0.486. The number of rotatable bonds is 3. The van der Waals surface area contributed by atoms with Crippen molar-refractivity contribution in [3.8, 4) is 0 Å². The Bertz CT molecular complexity index is 229. The normalized spacial score (nSPS) is 37.9. The van der Waals surface area contributed by atoms with Crippen molar-refractivity contribution in [1.29, 1.82) is 0 Å². The van der Waals surface area contributed by atoms with E-state index in [1.165, 1.54) is 43.7 Å². The van der Waals surface area contributed by atoms with E-state index in [0.717, 1.165) is 11.8 Å². The number of hydrogen-bond donors (Lipinski definition) is 2. The fraction of sp³-hybridized carbons (Fsp3) is 1.00. The Morgan fingerprint density at radius 3 is 2.59 bits per heavy atom. The van der Waals surface area contributed by atoms with E-state index in [1.54, 1.807) is 0 Å². The van der Waals surface area contributed by atoms with Crippen LogP contribution in [0.4, 0.5) is 0 Å². The maximum Gasteiger partial charge on any atom is 0.0402 e. The molecule has 1 heterocycles. The molecule has 3 N–H and O–H groups in total. The summed E-state index contributed by atoms with van der Waals surface area (Å²) in [6.45, 7) is 3.58. The predicted octanol–water partition coefficient (Wildman–Crippen LogP) is 1.69. The summed E-state index contributed by atoms with van der Waals surface area (Å²) >= 11 is 2.08. The molecule has 1 aliphatic carbocycles. The summed E-state index contributed by atoms with van der Waals surface area (Å²) in [5.74, 6) is 10.0. The van der Waals surface area contributed by atoms with Gasteiger partial charge < -0.3 is 4.90 Å². The highest BCUT2D eigenvalue weighted by Crippen LogP contribution is 2.33. The van der Waals surface area contributed by atoms with Gasteiger partial charge in [-0.05, 0) is 31.7 Å². The first-order valence-corrected chi connectivity index (χ1v) is 8.12. The zero-order valence-corrected chi connectivity index (χ0v) is 12.0. The van der Waals surface area contributed by atoms with Crippen LogP contribution in [0.3, 0.4) is 0 Å². The number of hydrazine groups is 1. The van der Waals surface area contributed by atoms with Crippen molar-refractivity contribution in [3.05, 3.63) is 0 Å². The molecule has 0 aromatic carbocycles. The average Bonchev–Trinajstić information content (AvgIpc) is 2.35. The van der Waals surface area contributed by atoms with Crippen LogP contribution in [0.1, 0.15) is 32.6 Å². The second-order valence-corrected chi connectivity index (χ2v) is 6.99. The topological polar surface area (TPSA) is 41.3 Å². The predicted molar refractivity (Wildman–Crippen MR) is 76.0 cm³/mol. The second-order valence-electron chi connectivity index (χ2n) is 5.84. The number of nitrogens with zero attached hydrogens (tertiary/aromatic N) is 1. The monoisotopic (exact) mass is 257 g/mol. The van der Waals surface area contributed by atoms with E-state index in [-0.39, 0.29) is 0 Å². The molecule has 1 saturated heterocycles. The van der Waals surface area contributed by atoms with Gasteiger partial charge in [-0.2, -0.15) is 11.8 Å². The van der Waals surface area contributed by atoms with E-state index in [0.29, 0.717) is 12.1 Å².